The third-order valence-corrected chi connectivity index (χ3v) is 6.33. The van der Waals surface area contributed by atoms with E-state index in [0.717, 1.165) is 0 Å². The molecule has 1 fully saturated rings. The van der Waals surface area contributed by atoms with Gasteiger partial charge in [-0.05, 0) is 12.1 Å². The van der Waals surface area contributed by atoms with Crippen molar-refractivity contribution < 1.29 is 27.4 Å². The lowest BCUT2D eigenvalue weighted by molar-refractivity contribution is -0.605. The fourth-order valence-electron chi connectivity index (χ4n) is 4.15. The predicted octanol–water partition coefficient (Wildman–Crippen LogP) is 3.48. The van der Waals surface area contributed by atoms with Crippen molar-refractivity contribution in [2.45, 2.75) is 6.36 Å². The minimum Gasteiger partial charge on any atom is -0.619 e. The molecule has 0 aliphatic carbocycles. The molecule has 0 saturated carbocycles. The summed E-state index contributed by atoms with van der Waals surface area (Å²) in [6, 6.07) is 5.55. The lowest BCUT2D eigenvalue weighted by atomic mass is 10.1. The van der Waals surface area contributed by atoms with Gasteiger partial charge in [-0.15, -0.1) is 13.2 Å². The molecule has 1 aromatic carbocycles. The maximum atomic E-state index is 12.9. The van der Waals surface area contributed by atoms with Gasteiger partial charge in [-0.25, -0.2) is 0 Å². The Labute approximate surface area is 220 Å². The molecule has 37 heavy (non-hydrogen) atoms. The summed E-state index contributed by atoms with van der Waals surface area (Å²) in [6.07, 6.45) is -0.921. The second-order valence-corrected chi connectivity index (χ2v) is 9.17. The molecule has 1 N–H and O–H groups in total. The zero-order valence-electron chi connectivity index (χ0n) is 19.6. The van der Waals surface area contributed by atoms with Crippen molar-refractivity contribution in [2.75, 3.05) is 44.2 Å². The third kappa shape index (κ3) is 6.56. The Bertz CT molecular complexity index is 1260. The molecule has 9 nitrogen and oxygen atoms in total. The van der Waals surface area contributed by atoms with Gasteiger partial charge in [0.15, 0.2) is 0 Å². The molecular weight excluding hydrogens is 536 g/mol. The van der Waals surface area contributed by atoms with E-state index in [1.807, 2.05) is 4.90 Å². The molecular formula is C23H23Cl2F3N6O3. The van der Waals surface area contributed by atoms with Gasteiger partial charge in [0, 0.05) is 58.1 Å². The predicted molar refractivity (Wildman–Crippen MR) is 132 cm³/mol. The number of anilines is 1. The molecule has 1 amide bonds. The lowest BCUT2D eigenvalue weighted by Gasteiger charge is -2.36. The number of para-hydroxylation sites is 1. The van der Waals surface area contributed by atoms with E-state index in [1.165, 1.54) is 41.5 Å². The molecule has 3 heterocycles. The summed E-state index contributed by atoms with van der Waals surface area (Å²) < 4.78 is 44.6. The largest absolute Gasteiger partial charge is 0.619 e. The maximum Gasteiger partial charge on any atom is 0.573 e. The van der Waals surface area contributed by atoms with Crippen LogP contribution >= 0.6 is 23.2 Å². The van der Waals surface area contributed by atoms with Crippen LogP contribution in [-0.2, 0) is 7.05 Å². The van der Waals surface area contributed by atoms with Gasteiger partial charge in [0.1, 0.15) is 21.5 Å². The van der Waals surface area contributed by atoms with Crippen LogP contribution in [0.15, 0.2) is 42.9 Å². The highest BCUT2D eigenvalue weighted by atomic mass is 35.5. The second kappa shape index (κ2) is 11.0. The Morgan fingerprint density at radius 3 is 2.46 bits per heavy atom. The standard InChI is InChI=1S/C23H23Cl2F3N6O3/c1-31-12-16(20(30-31)15-4-2-3-5-19(15)37-23(26,27)28)22(35)29-6-7-32-8-10-33(11-9-32)21-17(24)13-34(36)14-18(21)25/h2-5,12-14H,6-11H2,1H3,(H,29,35). The maximum absolute atomic E-state index is 12.9. The molecule has 2 aromatic heterocycles. The monoisotopic (exact) mass is 558 g/mol. The van der Waals surface area contributed by atoms with Gasteiger partial charge in [-0.2, -0.15) is 9.83 Å². The first-order chi connectivity index (χ1) is 17.5. The quantitative estimate of drug-likeness (QED) is 0.353. The van der Waals surface area contributed by atoms with Gasteiger partial charge < -0.3 is 20.2 Å². The van der Waals surface area contributed by atoms with E-state index in [2.05, 4.69) is 20.1 Å². The summed E-state index contributed by atoms with van der Waals surface area (Å²) in [4.78, 5) is 17.1. The van der Waals surface area contributed by atoms with Gasteiger partial charge >= 0.3 is 6.36 Å². The lowest BCUT2D eigenvalue weighted by Crippen LogP contribution is -2.48. The first-order valence-corrected chi connectivity index (χ1v) is 12.0. The normalized spacial score (nSPS) is 14.6. The number of hydrogen-bond acceptors (Lipinski definition) is 6. The number of benzene rings is 1. The number of pyridine rings is 1. The molecule has 0 radical (unpaired) electrons. The van der Waals surface area contributed by atoms with Crippen molar-refractivity contribution in [1.82, 2.24) is 20.0 Å². The number of nitrogens with zero attached hydrogens (tertiary/aromatic N) is 5. The third-order valence-electron chi connectivity index (χ3n) is 5.78. The fraction of sp³-hybridized carbons (Fsp3) is 0.348. The zero-order chi connectivity index (χ0) is 26.7. The van der Waals surface area contributed by atoms with Gasteiger partial charge in [0.25, 0.3) is 5.91 Å². The Morgan fingerprint density at radius 2 is 1.81 bits per heavy atom. The number of alkyl halides is 3. The molecule has 1 saturated heterocycles. The molecule has 1 aliphatic rings. The Kier molecular flexibility index (Phi) is 8.00. The number of hydrogen-bond donors (Lipinski definition) is 1. The Balaban J connectivity index is 1.36. The topological polar surface area (TPSA) is 89.6 Å². The van der Waals surface area contributed by atoms with Crippen LogP contribution in [0.2, 0.25) is 10.0 Å². The van der Waals surface area contributed by atoms with Crippen LogP contribution in [0.4, 0.5) is 18.9 Å². The summed E-state index contributed by atoms with van der Waals surface area (Å²) in [6.45, 7) is 3.47. The highest BCUT2D eigenvalue weighted by Crippen LogP contribution is 2.35. The van der Waals surface area contributed by atoms with Crippen molar-refractivity contribution >= 4 is 34.8 Å². The van der Waals surface area contributed by atoms with Crippen molar-refractivity contribution in [3.05, 3.63) is 63.7 Å². The van der Waals surface area contributed by atoms with Crippen LogP contribution in [0.25, 0.3) is 11.3 Å². The Morgan fingerprint density at radius 1 is 1.16 bits per heavy atom. The average Bonchev–Trinajstić information content (AvgIpc) is 3.20. The van der Waals surface area contributed by atoms with E-state index < -0.39 is 18.0 Å². The van der Waals surface area contributed by atoms with Crippen molar-refractivity contribution in [1.29, 1.82) is 0 Å². The minimum atomic E-state index is -4.88. The molecule has 0 unspecified atom stereocenters. The summed E-state index contributed by atoms with van der Waals surface area (Å²) in [5, 5.41) is 19.0. The fourth-order valence-corrected chi connectivity index (χ4v) is 4.83. The van der Waals surface area contributed by atoms with Crippen LogP contribution in [0, 0.1) is 5.21 Å². The zero-order valence-corrected chi connectivity index (χ0v) is 21.1. The highest BCUT2D eigenvalue weighted by molar-refractivity contribution is 6.38. The highest BCUT2D eigenvalue weighted by Gasteiger charge is 2.33. The van der Waals surface area contributed by atoms with E-state index in [9.17, 15) is 23.2 Å². The molecule has 4 rings (SSSR count). The number of carbonyl (C=O) groups is 1. The van der Waals surface area contributed by atoms with Gasteiger partial charge in [-0.1, -0.05) is 35.3 Å². The van der Waals surface area contributed by atoms with Gasteiger partial charge in [-0.3, -0.25) is 14.4 Å². The van der Waals surface area contributed by atoms with Crippen LogP contribution in [0.1, 0.15) is 10.4 Å². The number of ether oxygens (including phenoxy) is 1. The first kappa shape index (κ1) is 26.8. The number of nitrogens with one attached hydrogen (secondary N) is 1. The number of aromatic nitrogens is 3. The molecule has 0 atom stereocenters. The number of halogens is 5. The van der Waals surface area contributed by atoms with E-state index in [0.29, 0.717) is 49.7 Å². The molecule has 0 bridgehead atoms. The molecule has 0 spiro atoms. The van der Waals surface area contributed by atoms with Crippen LogP contribution in [0.3, 0.4) is 0 Å². The molecule has 14 heteroatoms. The van der Waals surface area contributed by atoms with Crippen molar-refractivity contribution in [2.24, 2.45) is 7.05 Å². The Hall–Kier alpha value is -3.22. The summed E-state index contributed by atoms with van der Waals surface area (Å²) >= 11 is 12.4. The smallest absolute Gasteiger partial charge is 0.573 e. The number of carbonyl (C=O) groups excluding carboxylic acids is 1. The van der Waals surface area contributed by atoms with Gasteiger partial charge in [0.05, 0.1) is 11.3 Å². The number of piperazine rings is 1. The van der Waals surface area contributed by atoms with Crippen LogP contribution in [-0.4, -0.2) is 66.2 Å². The van der Waals surface area contributed by atoms with E-state index >= 15 is 0 Å². The summed E-state index contributed by atoms with van der Waals surface area (Å²) in [7, 11) is 1.58. The van der Waals surface area contributed by atoms with Crippen molar-refractivity contribution in [3.63, 3.8) is 0 Å². The van der Waals surface area contributed by atoms with Crippen LogP contribution < -0.4 is 19.7 Å². The molecule has 3 aromatic rings. The second-order valence-electron chi connectivity index (χ2n) is 8.36. The van der Waals surface area contributed by atoms with E-state index in [-0.39, 0.29) is 26.9 Å². The number of amides is 1. The van der Waals surface area contributed by atoms with Gasteiger partial charge in [0.2, 0.25) is 12.4 Å². The number of rotatable bonds is 7. The molecule has 198 valence electrons. The van der Waals surface area contributed by atoms with Crippen LogP contribution in [0.5, 0.6) is 5.75 Å². The average molecular weight is 559 g/mol. The van der Waals surface area contributed by atoms with Crippen molar-refractivity contribution in [3.8, 4) is 17.0 Å². The van der Waals surface area contributed by atoms with E-state index in [4.69, 9.17) is 23.2 Å². The first-order valence-electron chi connectivity index (χ1n) is 11.2. The minimum absolute atomic E-state index is 0.0578. The SMILES string of the molecule is Cn1cc(C(=O)NCCN2CCN(c3c(Cl)c[n+]([O-])cc3Cl)CC2)c(-c2ccccc2OC(F)(F)F)n1. The number of aryl methyl sites for hydroxylation is 1. The summed E-state index contributed by atoms with van der Waals surface area (Å²) in [5.74, 6) is -0.901. The summed E-state index contributed by atoms with van der Waals surface area (Å²) in [5.41, 5.74) is 0.892. The van der Waals surface area contributed by atoms with E-state index in [1.54, 1.807) is 13.1 Å². The molecule has 1 aliphatic heterocycles.